The Morgan fingerprint density at radius 1 is 1.11 bits per heavy atom. The maximum Gasteiger partial charge on any atom is 0.348 e. The second-order valence-electron chi connectivity index (χ2n) is 9.62. The van der Waals surface area contributed by atoms with Crippen molar-refractivity contribution in [1.82, 2.24) is 5.16 Å². The summed E-state index contributed by atoms with van der Waals surface area (Å²) in [4.78, 5) is 26.5. The maximum absolute atomic E-state index is 13.8. The summed E-state index contributed by atoms with van der Waals surface area (Å²) in [5, 5.41) is 18.4. The second-order valence-corrected chi connectivity index (χ2v) is 9.62. The van der Waals surface area contributed by atoms with Crippen LogP contribution in [0.15, 0.2) is 71.4 Å². The van der Waals surface area contributed by atoms with E-state index in [1.165, 1.54) is 13.4 Å². The lowest BCUT2D eigenvalue weighted by Crippen LogP contribution is -3.00. The molecule has 9 nitrogen and oxygen atoms in total. The maximum atomic E-state index is 13.8. The smallest absolute Gasteiger partial charge is 0.348 e. The van der Waals surface area contributed by atoms with Gasteiger partial charge in [-0.05, 0) is 11.6 Å². The first-order valence-electron chi connectivity index (χ1n) is 12.1. The number of methoxy groups -OCH3 is 1. The van der Waals surface area contributed by atoms with Gasteiger partial charge in [-0.1, -0.05) is 53.7 Å². The molecule has 2 bridgehead atoms. The van der Waals surface area contributed by atoms with Gasteiger partial charge in [-0.3, -0.25) is 4.79 Å². The zero-order valence-corrected chi connectivity index (χ0v) is 22.1. The van der Waals surface area contributed by atoms with Crippen LogP contribution in [0.3, 0.4) is 0 Å². The summed E-state index contributed by atoms with van der Waals surface area (Å²) in [5.74, 6) is 0.0390. The van der Waals surface area contributed by atoms with Crippen LogP contribution in [0.1, 0.15) is 24.0 Å². The van der Waals surface area contributed by atoms with Gasteiger partial charge in [-0.15, -0.1) is 0 Å². The van der Waals surface area contributed by atoms with Crippen LogP contribution in [0.2, 0.25) is 0 Å². The van der Waals surface area contributed by atoms with Gasteiger partial charge in [-0.2, -0.15) is 0 Å². The molecule has 3 aliphatic rings. The molecule has 2 N–H and O–H groups in total. The van der Waals surface area contributed by atoms with Gasteiger partial charge in [0.25, 0.3) is 5.91 Å². The lowest BCUT2D eigenvalue weighted by molar-refractivity contribution is -0.939. The van der Waals surface area contributed by atoms with Crippen LogP contribution in [0.5, 0.6) is 5.75 Å². The van der Waals surface area contributed by atoms with Crippen LogP contribution in [-0.4, -0.2) is 66.0 Å². The predicted octanol–water partition coefficient (Wildman–Crippen LogP) is -0.286. The van der Waals surface area contributed by atoms with Crippen LogP contribution in [0.4, 0.5) is 5.82 Å². The fourth-order valence-electron chi connectivity index (χ4n) is 5.57. The van der Waals surface area contributed by atoms with Crippen molar-refractivity contribution in [1.29, 1.82) is 0 Å². The van der Waals surface area contributed by atoms with Crippen molar-refractivity contribution in [2.24, 2.45) is 5.92 Å². The summed E-state index contributed by atoms with van der Waals surface area (Å²) in [7, 11) is 1.50. The highest BCUT2D eigenvalue weighted by Gasteiger charge is 2.51. The first kappa shape index (κ1) is 26.8. The van der Waals surface area contributed by atoms with E-state index in [9.17, 15) is 14.7 Å². The van der Waals surface area contributed by atoms with Gasteiger partial charge < -0.3 is 45.9 Å². The second kappa shape index (κ2) is 11.0. The minimum absolute atomic E-state index is 0. The molecule has 0 aliphatic carbocycles. The molecule has 3 aromatic rings. The van der Waals surface area contributed by atoms with Gasteiger partial charge in [0.2, 0.25) is 5.60 Å². The standard InChI is InChI=1S/C27H29N3O6.BrH/c1-34-22-10-6-5-9-21(22)27(33,20-7-3-2-4-8-20)26(32)36-23-17-30(14-11-19(23)12-15-30)18-25(31)28-24-13-16-35-29-24;/h2-10,13,16,19,23,33H,11-12,14-15,17-18H2,1H3;1H/t19?,23-,27?,30?;/m0./s1. The highest BCUT2D eigenvalue weighted by molar-refractivity contribution is 5.90. The number of benzene rings is 2. The molecule has 3 saturated heterocycles. The van der Waals surface area contributed by atoms with Crippen molar-refractivity contribution in [3.8, 4) is 5.75 Å². The highest BCUT2D eigenvalue weighted by Crippen LogP contribution is 2.40. The molecule has 1 unspecified atom stereocenters. The van der Waals surface area contributed by atoms with Crippen molar-refractivity contribution in [3.63, 3.8) is 0 Å². The van der Waals surface area contributed by atoms with Gasteiger partial charge in [0.1, 0.15) is 18.6 Å². The molecule has 3 fully saturated rings. The van der Waals surface area contributed by atoms with Crippen LogP contribution >= 0.6 is 0 Å². The number of halogens is 1. The number of hydrogen-bond donors (Lipinski definition) is 2. The third kappa shape index (κ3) is 5.27. The van der Waals surface area contributed by atoms with Crippen LogP contribution in [0.25, 0.3) is 0 Å². The Kier molecular flexibility index (Phi) is 8.01. The Hall–Kier alpha value is -3.21. The molecule has 10 heteroatoms. The Labute approximate surface area is 225 Å². The van der Waals surface area contributed by atoms with Gasteiger partial charge in [0.15, 0.2) is 18.5 Å². The predicted molar refractivity (Wildman–Crippen MR) is 130 cm³/mol. The average molecular weight is 572 g/mol. The number of quaternary nitrogens is 1. The minimum atomic E-state index is -2.05. The fraction of sp³-hybridized carbons (Fsp3) is 0.370. The van der Waals surface area contributed by atoms with Crippen molar-refractivity contribution in [2.75, 3.05) is 38.6 Å². The van der Waals surface area contributed by atoms with E-state index in [0.29, 0.717) is 33.7 Å². The SMILES string of the molecule is COc1ccccc1C(O)(C(=O)O[C@H]1C[N+]2(CC(=O)Nc3ccon3)CCC1CC2)c1ccccc1.[Br-]. The molecule has 0 radical (unpaired) electrons. The van der Waals surface area contributed by atoms with Crippen LogP contribution in [0, 0.1) is 5.92 Å². The van der Waals surface area contributed by atoms with Crippen LogP contribution < -0.4 is 27.0 Å². The van der Waals surface area contributed by atoms with Crippen molar-refractivity contribution in [2.45, 2.75) is 24.5 Å². The number of aliphatic hydroxyl groups is 1. The number of anilines is 1. The van der Waals surface area contributed by atoms with Crippen molar-refractivity contribution >= 4 is 17.7 Å². The minimum Gasteiger partial charge on any atom is -1.00 e. The van der Waals surface area contributed by atoms with E-state index in [-0.39, 0.29) is 35.4 Å². The molecule has 4 heterocycles. The molecule has 0 spiro atoms. The lowest BCUT2D eigenvalue weighted by atomic mass is 9.82. The molecule has 2 aromatic carbocycles. The van der Waals surface area contributed by atoms with Gasteiger partial charge in [0.05, 0.1) is 20.2 Å². The van der Waals surface area contributed by atoms with Crippen LogP contribution in [-0.2, 0) is 19.9 Å². The molecular formula is C27H30BrN3O6. The third-order valence-electron chi connectivity index (χ3n) is 7.47. The molecule has 2 atom stereocenters. The molecule has 6 rings (SSSR count). The summed E-state index contributed by atoms with van der Waals surface area (Å²) in [6, 6.07) is 17.3. The monoisotopic (exact) mass is 571 g/mol. The molecule has 1 amide bonds. The van der Waals surface area contributed by atoms with E-state index in [2.05, 4.69) is 10.5 Å². The lowest BCUT2D eigenvalue weighted by Gasteiger charge is -2.51. The number of rotatable bonds is 8. The normalized spacial score (nSPS) is 23.8. The first-order chi connectivity index (χ1) is 17.4. The summed E-state index contributed by atoms with van der Waals surface area (Å²) in [6.07, 6.45) is 2.67. The number of fused-ring (bicyclic) bond motifs is 3. The number of piperidine rings is 3. The van der Waals surface area contributed by atoms with Gasteiger partial charge in [-0.25, -0.2) is 4.79 Å². The van der Waals surface area contributed by atoms with Gasteiger partial charge in [0, 0.05) is 30.4 Å². The van der Waals surface area contributed by atoms with E-state index in [1.54, 1.807) is 54.6 Å². The number of amides is 1. The topological polar surface area (TPSA) is 111 Å². The Morgan fingerprint density at radius 3 is 2.49 bits per heavy atom. The first-order valence-corrected chi connectivity index (χ1v) is 12.1. The fourth-order valence-corrected chi connectivity index (χ4v) is 5.57. The summed E-state index contributed by atoms with van der Waals surface area (Å²) < 4.78 is 16.9. The quantitative estimate of drug-likeness (QED) is 0.282. The van der Waals surface area contributed by atoms with E-state index in [4.69, 9.17) is 14.0 Å². The van der Waals surface area contributed by atoms with E-state index >= 15 is 0 Å². The molecule has 1 aromatic heterocycles. The number of carbonyl (C=O) groups excluding carboxylic acids is 2. The Bertz CT molecular complexity index is 1210. The van der Waals surface area contributed by atoms with E-state index in [0.717, 1.165) is 25.9 Å². The largest absolute Gasteiger partial charge is 1.00 e. The number of aromatic nitrogens is 1. The van der Waals surface area contributed by atoms with Crippen molar-refractivity contribution < 1.29 is 50.2 Å². The number of carbonyl (C=O) groups is 2. The number of ether oxygens (including phenoxy) is 2. The molecule has 196 valence electrons. The summed E-state index contributed by atoms with van der Waals surface area (Å²) in [5.41, 5.74) is -1.33. The Balaban J connectivity index is 0.00000320. The zero-order chi connectivity index (χ0) is 25.2. The molecule has 0 saturated carbocycles. The number of para-hydroxylation sites is 1. The van der Waals surface area contributed by atoms with Crippen molar-refractivity contribution in [3.05, 3.63) is 78.1 Å². The number of nitrogens with one attached hydrogen (secondary N) is 1. The zero-order valence-electron chi connectivity index (χ0n) is 20.5. The average Bonchev–Trinajstić information content (AvgIpc) is 3.41. The van der Waals surface area contributed by atoms with E-state index < -0.39 is 17.7 Å². The molecule has 3 aliphatic heterocycles. The Morgan fingerprint density at radius 2 is 1.81 bits per heavy atom. The van der Waals surface area contributed by atoms with Gasteiger partial charge >= 0.3 is 5.97 Å². The third-order valence-corrected chi connectivity index (χ3v) is 7.47. The number of esters is 1. The number of hydrogen-bond acceptors (Lipinski definition) is 7. The highest BCUT2D eigenvalue weighted by atomic mass is 79.9. The van der Waals surface area contributed by atoms with E-state index in [1.807, 2.05) is 6.07 Å². The number of nitrogens with zero attached hydrogens (tertiary/aromatic N) is 2. The molecular weight excluding hydrogens is 542 g/mol. The molecule has 37 heavy (non-hydrogen) atoms. The summed E-state index contributed by atoms with van der Waals surface area (Å²) >= 11 is 0. The summed E-state index contributed by atoms with van der Waals surface area (Å²) in [6.45, 7) is 2.43.